The first-order valence-electron chi connectivity index (χ1n) is 9.29. The van der Waals surface area contributed by atoms with E-state index < -0.39 is 0 Å². The summed E-state index contributed by atoms with van der Waals surface area (Å²) < 4.78 is 18.4. The highest BCUT2D eigenvalue weighted by molar-refractivity contribution is 5.97. The molecule has 6 nitrogen and oxygen atoms in total. The van der Waals surface area contributed by atoms with Crippen molar-refractivity contribution in [2.45, 2.75) is 12.6 Å². The first-order chi connectivity index (χ1) is 13.6. The van der Waals surface area contributed by atoms with Gasteiger partial charge in [0.25, 0.3) is 5.91 Å². The van der Waals surface area contributed by atoms with Gasteiger partial charge in [0.1, 0.15) is 11.6 Å². The van der Waals surface area contributed by atoms with Gasteiger partial charge in [0.15, 0.2) is 0 Å². The summed E-state index contributed by atoms with van der Waals surface area (Å²) in [4.78, 5) is 31.0. The highest BCUT2D eigenvalue weighted by Crippen LogP contribution is 2.25. The van der Waals surface area contributed by atoms with Crippen molar-refractivity contribution >= 4 is 11.9 Å². The lowest BCUT2D eigenvalue weighted by Crippen LogP contribution is -2.53. The van der Waals surface area contributed by atoms with Crippen LogP contribution in [0.15, 0.2) is 48.5 Å². The van der Waals surface area contributed by atoms with E-state index in [1.165, 1.54) is 12.1 Å². The molecule has 2 aromatic carbocycles. The van der Waals surface area contributed by atoms with E-state index in [0.29, 0.717) is 44.0 Å². The minimum atomic E-state index is -0.292. The zero-order chi connectivity index (χ0) is 19.7. The van der Waals surface area contributed by atoms with Crippen molar-refractivity contribution in [2.24, 2.45) is 0 Å². The van der Waals surface area contributed by atoms with Gasteiger partial charge in [-0.05, 0) is 29.8 Å². The van der Waals surface area contributed by atoms with Crippen molar-refractivity contribution in [3.05, 3.63) is 65.5 Å². The van der Waals surface area contributed by atoms with E-state index in [4.69, 9.17) is 4.74 Å². The van der Waals surface area contributed by atoms with Gasteiger partial charge in [-0.3, -0.25) is 4.79 Å². The van der Waals surface area contributed by atoms with Crippen molar-refractivity contribution < 1.29 is 18.7 Å². The second-order valence-electron chi connectivity index (χ2n) is 7.09. The van der Waals surface area contributed by atoms with Crippen LogP contribution < -0.4 is 4.74 Å². The summed E-state index contributed by atoms with van der Waals surface area (Å²) in [5, 5.41) is 0. The van der Waals surface area contributed by atoms with E-state index >= 15 is 0 Å². The van der Waals surface area contributed by atoms with Crippen molar-refractivity contribution in [3.63, 3.8) is 0 Å². The molecular weight excluding hydrogens is 361 g/mol. The van der Waals surface area contributed by atoms with Gasteiger partial charge in [-0.2, -0.15) is 0 Å². The lowest BCUT2D eigenvalue weighted by atomic mass is 10.1. The molecule has 0 spiro atoms. The predicted molar refractivity (Wildman–Crippen MR) is 102 cm³/mol. The summed E-state index contributed by atoms with van der Waals surface area (Å²) in [5.41, 5.74) is 1.42. The number of para-hydroxylation sites is 1. The highest BCUT2D eigenvalue weighted by atomic mass is 19.1. The maximum atomic E-state index is 13.1. The molecule has 0 N–H and O–H groups in total. The van der Waals surface area contributed by atoms with Crippen molar-refractivity contribution in [2.75, 3.05) is 33.3 Å². The molecule has 7 heteroatoms. The van der Waals surface area contributed by atoms with Crippen LogP contribution in [0, 0.1) is 5.82 Å². The number of methoxy groups -OCH3 is 1. The molecule has 2 saturated heterocycles. The van der Waals surface area contributed by atoms with E-state index in [1.807, 2.05) is 17.0 Å². The molecule has 2 heterocycles. The third kappa shape index (κ3) is 3.40. The Balaban J connectivity index is 1.44. The van der Waals surface area contributed by atoms with E-state index in [-0.39, 0.29) is 23.8 Å². The van der Waals surface area contributed by atoms with Crippen LogP contribution in [0.3, 0.4) is 0 Å². The Kier molecular flexibility index (Phi) is 4.90. The molecule has 0 aliphatic carbocycles. The molecule has 0 bridgehead atoms. The number of piperazine rings is 1. The van der Waals surface area contributed by atoms with Crippen LogP contribution in [0.25, 0.3) is 0 Å². The number of halogens is 1. The van der Waals surface area contributed by atoms with Crippen LogP contribution in [0.4, 0.5) is 9.18 Å². The van der Waals surface area contributed by atoms with E-state index in [2.05, 4.69) is 0 Å². The van der Waals surface area contributed by atoms with Gasteiger partial charge in [-0.15, -0.1) is 0 Å². The van der Waals surface area contributed by atoms with Crippen LogP contribution in [-0.4, -0.2) is 66.0 Å². The fraction of sp³-hybridized carbons (Fsp3) is 0.333. The van der Waals surface area contributed by atoms with Crippen molar-refractivity contribution in [1.29, 1.82) is 0 Å². The van der Waals surface area contributed by atoms with Gasteiger partial charge < -0.3 is 19.4 Å². The Hall–Kier alpha value is -3.09. The second kappa shape index (κ2) is 7.50. The van der Waals surface area contributed by atoms with Crippen LogP contribution in [0.1, 0.15) is 15.9 Å². The Bertz CT molecular complexity index is 887. The van der Waals surface area contributed by atoms with E-state index in [9.17, 15) is 14.0 Å². The van der Waals surface area contributed by atoms with Crippen molar-refractivity contribution in [3.8, 4) is 5.75 Å². The molecule has 146 valence electrons. The summed E-state index contributed by atoms with van der Waals surface area (Å²) in [6, 6.07) is 13.3. The number of rotatable bonds is 4. The smallest absolute Gasteiger partial charge is 0.320 e. The summed E-state index contributed by atoms with van der Waals surface area (Å²) in [6.45, 7) is 2.47. The Morgan fingerprint density at radius 1 is 1.11 bits per heavy atom. The molecule has 0 unspecified atom stereocenters. The average molecular weight is 383 g/mol. The molecule has 0 radical (unpaired) electrons. The second-order valence-corrected chi connectivity index (χ2v) is 7.09. The minimum Gasteiger partial charge on any atom is -0.496 e. The van der Waals surface area contributed by atoms with Crippen LogP contribution in [0.5, 0.6) is 5.75 Å². The molecule has 3 amide bonds. The maximum Gasteiger partial charge on any atom is 0.320 e. The molecule has 0 aromatic heterocycles. The fourth-order valence-corrected chi connectivity index (χ4v) is 3.90. The standard InChI is InChI=1S/C21H22FN3O3/c1-28-19-5-3-2-4-18(19)20(26)23-10-11-25-17(13-23)14-24(21(25)27)12-15-6-8-16(22)9-7-15/h2-9,17H,10-14H2,1H3/t17-/m1/s1. The Morgan fingerprint density at radius 3 is 2.61 bits per heavy atom. The first-order valence-corrected chi connectivity index (χ1v) is 9.29. The zero-order valence-corrected chi connectivity index (χ0v) is 15.7. The lowest BCUT2D eigenvalue weighted by molar-refractivity contribution is 0.0613. The third-order valence-electron chi connectivity index (χ3n) is 5.34. The van der Waals surface area contributed by atoms with Gasteiger partial charge in [0.2, 0.25) is 0 Å². The highest BCUT2D eigenvalue weighted by Gasteiger charge is 2.41. The number of carbonyl (C=O) groups is 2. The van der Waals surface area contributed by atoms with Gasteiger partial charge in [-0.25, -0.2) is 9.18 Å². The number of ether oxygens (including phenoxy) is 1. The summed E-state index contributed by atoms with van der Waals surface area (Å²) >= 11 is 0. The Morgan fingerprint density at radius 2 is 1.86 bits per heavy atom. The molecule has 4 rings (SSSR count). The van der Waals surface area contributed by atoms with Gasteiger partial charge >= 0.3 is 6.03 Å². The van der Waals surface area contributed by atoms with Gasteiger partial charge in [-0.1, -0.05) is 24.3 Å². The lowest BCUT2D eigenvalue weighted by Gasteiger charge is -2.36. The summed E-state index contributed by atoms with van der Waals surface area (Å²) in [6.07, 6.45) is 0. The first kappa shape index (κ1) is 18.3. The zero-order valence-electron chi connectivity index (χ0n) is 15.7. The number of nitrogens with zero attached hydrogens (tertiary/aromatic N) is 3. The molecule has 1 atom stereocenters. The SMILES string of the molecule is COc1ccccc1C(=O)N1CCN2C(=O)N(Cc3ccc(F)cc3)C[C@H]2C1. The molecule has 28 heavy (non-hydrogen) atoms. The third-order valence-corrected chi connectivity index (χ3v) is 5.34. The van der Waals surface area contributed by atoms with Gasteiger partial charge in [0.05, 0.1) is 18.7 Å². The van der Waals surface area contributed by atoms with E-state index in [1.54, 1.807) is 41.2 Å². The number of hydrogen-bond acceptors (Lipinski definition) is 3. The molecule has 0 saturated carbocycles. The normalized spacial score (nSPS) is 19.0. The predicted octanol–water partition coefficient (Wildman–Crippen LogP) is 2.60. The molecule has 2 aliphatic rings. The van der Waals surface area contributed by atoms with Crippen LogP contribution >= 0.6 is 0 Å². The van der Waals surface area contributed by atoms with Crippen LogP contribution in [-0.2, 0) is 6.54 Å². The average Bonchev–Trinajstić information content (AvgIpc) is 3.04. The number of hydrogen-bond donors (Lipinski definition) is 0. The Labute approximate surface area is 163 Å². The minimum absolute atomic E-state index is 0.0290. The monoisotopic (exact) mass is 383 g/mol. The number of benzene rings is 2. The van der Waals surface area contributed by atoms with Gasteiger partial charge in [0, 0.05) is 32.7 Å². The largest absolute Gasteiger partial charge is 0.496 e. The molecular formula is C21H22FN3O3. The number of fused-ring (bicyclic) bond motifs is 1. The topological polar surface area (TPSA) is 53.1 Å². The number of carbonyl (C=O) groups excluding carboxylic acids is 2. The quantitative estimate of drug-likeness (QED) is 0.816. The summed E-state index contributed by atoms with van der Waals surface area (Å²) in [7, 11) is 1.55. The number of amides is 3. The maximum absolute atomic E-state index is 13.1. The molecule has 2 fully saturated rings. The fourth-order valence-electron chi connectivity index (χ4n) is 3.90. The van der Waals surface area contributed by atoms with E-state index in [0.717, 1.165) is 5.56 Å². The number of urea groups is 1. The summed E-state index contributed by atoms with van der Waals surface area (Å²) in [5.74, 6) is 0.177. The molecule has 2 aliphatic heterocycles. The van der Waals surface area contributed by atoms with Crippen LogP contribution in [0.2, 0.25) is 0 Å². The molecule has 2 aromatic rings. The van der Waals surface area contributed by atoms with Crippen molar-refractivity contribution in [1.82, 2.24) is 14.7 Å².